The van der Waals surface area contributed by atoms with Crippen molar-refractivity contribution in [3.05, 3.63) is 31.7 Å². The first-order valence-electron chi connectivity index (χ1n) is 4.19. The average molecular weight is 319 g/mol. The van der Waals surface area contributed by atoms with Crippen LogP contribution in [0.2, 0.25) is 0 Å². The average Bonchev–Trinajstić information content (AvgIpc) is 2.73. The van der Waals surface area contributed by atoms with E-state index in [1.165, 1.54) is 4.88 Å². The van der Waals surface area contributed by atoms with Crippen molar-refractivity contribution in [3.8, 4) is 0 Å². The van der Waals surface area contributed by atoms with E-state index < -0.39 is 0 Å². The molecule has 0 radical (unpaired) electrons. The van der Waals surface area contributed by atoms with Crippen molar-refractivity contribution < 1.29 is 0 Å². The highest BCUT2D eigenvalue weighted by Gasteiger charge is 2.09. The molecule has 0 atom stereocenters. The van der Waals surface area contributed by atoms with Gasteiger partial charge in [0.1, 0.15) is 5.82 Å². The van der Waals surface area contributed by atoms with Gasteiger partial charge >= 0.3 is 0 Å². The molecule has 0 unspecified atom stereocenters. The molecule has 0 spiro atoms. The van der Waals surface area contributed by atoms with Crippen LogP contribution < -0.4 is 5.73 Å². The molecular weight excluding hydrogens is 309 g/mol. The fraction of sp³-hybridized carbons (Fsp3) is 0.222. The van der Waals surface area contributed by atoms with Gasteiger partial charge in [0.05, 0.1) is 15.8 Å². The summed E-state index contributed by atoms with van der Waals surface area (Å²) in [5, 5.41) is 6.44. The topological polar surface area (TPSA) is 43.8 Å². The van der Waals surface area contributed by atoms with E-state index in [-0.39, 0.29) is 0 Å². The van der Waals surface area contributed by atoms with Crippen molar-refractivity contribution in [2.24, 2.45) is 0 Å². The van der Waals surface area contributed by atoms with Crippen molar-refractivity contribution in [1.82, 2.24) is 9.78 Å². The summed E-state index contributed by atoms with van der Waals surface area (Å²) in [5.74, 6) is 0.761. The molecule has 0 saturated carbocycles. The Hall–Kier alpha value is -0.560. The Bertz CT molecular complexity index is 433. The number of thiophene rings is 1. The Labute approximate surface area is 100 Å². The van der Waals surface area contributed by atoms with Gasteiger partial charge in [-0.2, -0.15) is 5.10 Å². The van der Waals surface area contributed by atoms with Gasteiger partial charge in [0.25, 0.3) is 0 Å². The molecule has 2 rings (SSSR count). The number of aryl methyl sites for hydroxylation is 1. The number of aromatic nitrogens is 2. The Morgan fingerprint density at radius 2 is 2.43 bits per heavy atom. The standard InChI is InChI=1S/C9H10IN3S/c1-6-8(10)9(11)13(12-6)5-7-3-2-4-14-7/h2-4H,5,11H2,1H3. The quantitative estimate of drug-likeness (QED) is 0.865. The number of anilines is 1. The first-order valence-corrected chi connectivity index (χ1v) is 6.15. The number of rotatable bonds is 2. The third kappa shape index (κ3) is 1.78. The normalized spacial score (nSPS) is 10.7. The lowest BCUT2D eigenvalue weighted by Gasteiger charge is -2.00. The number of nitrogen functional groups attached to an aromatic ring is 1. The van der Waals surface area contributed by atoms with Gasteiger partial charge in [-0.05, 0) is 41.0 Å². The predicted molar refractivity (Wildman–Crippen MR) is 67.5 cm³/mol. The van der Waals surface area contributed by atoms with Crippen molar-refractivity contribution in [3.63, 3.8) is 0 Å². The summed E-state index contributed by atoms with van der Waals surface area (Å²) in [7, 11) is 0. The van der Waals surface area contributed by atoms with Gasteiger partial charge in [-0.25, -0.2) is 4.68 Å². The molecule has 2 aromatic rings. The van der Waals surface area contributed by atoms with Gasteiger partial charge < -0.3 is 5.73 Å². The SMILES string of the molecule is Cc1nn(Cc2cccs2)c(N)c1I. The van der Waals surface area contributed by atoms with Crippen LogP contribution in [0.4, 0.5) is 5.82 Å². The summed E-state index contributed by atoms with van der Waals surface area (Å²) in [6.07, 6.45) is 0. The molecular formula is C9H10IN3S. The van der Waals surface area contributed by atoms with Crippen LogP contribution >= 0.6 is 33.9 Å². The maximum absolute atomic E-state index is 5.92. The van der Waals surface area contributed by atoms with Crippen LogP contribution in [0.3, 0.4) is 0 Å². The molecule has 0 aliphatic heterocycles. The van der Waals surface area contributed by atoms with Gasteiger partial charge in [-0.15, -0.1) is 11.3 Å². The van der Waals surface area contributed by atoms with E-state index in [1.54, 1.807) is 11.3 Å². The molecule has 0 bridgehead atoms. The third-order valence-corrected chi connectivity index (χ3v) is 4.17. The minimum atomic E-state index is 0.761. The molecule has 0 aromatic carbocycles. The number of nitrogens with zero attached hydrogens (tertiary/aromatic N) is 2. The summed E-state index contributed by atoms with van der Waals surface area (Å²) in [6, 6.07) is 4.13. The fourth-order valence-corrected chi connectivity index (χ4v) is 2.32. The van der Waals surface area contributed by atoms with E-state index in [1.807, 2.05) is 17.7 Å². The summed E-state index contributed by atoms with van der Waals surface area (Å²) in [4.78, 5) is 1.27. The van der Waals surface area contributed by atoms with E-state index in [9.17, 15) is 0 Å². The van der Waals surface area contributed by atoms with E-state index in [0.717, 1.165) is 21.6 Å². The van der Waals surface area contributed by atoms with Crippen LogP contribution in [0, 0.1) is 10.5 Å². The highest BCUT2D eigenvalue weighted by molar-refractivity contribution is 14.1. The lowest BCUT2D eigenvalue weighted by atomic mass is 10.4. The lowest BCUT2D eigenvalue weighted by molar-refractivity contribution is 0.697. The molecule has 2 N–H and O–H groups in total. The van der Waals surface area contributed by atoms with Crippen LogP contribution in [0.25, 0.3) is 0 Å². The van der Waals surface area contributed by atoms with Crippen LogP contribution in [0.5, 0.6) is 0 Å². The van der Waals surface area contributed by atoms with E-state index in [4.69, 9.17) is 5.73 Å². The maximum Gasteiger partial charge on any atom is 0.135 e. The zero-order valence-corrected chi connectivity index (χ0v) is 10.7. The molecule has 74 valence electrons. The summed E-state index contributed by atoms with van der Waals surface area (Å²) >= 11 is 3.95. The van der Waals surface area contributed by atoms with Gasteiger partial charge in [-0.3, -0.25) is 0 Å². The molecule has 0 aliphatic rings. The van der Waals surface area contributed by atoms with Crippen LogP contribution in [-0.2, 0) is 6.54 Å². The van der Waals surface area contributed by atoms with Gasteiger partial charge in [0.2, 0.25) is 0 Å². The first-order chi connectivity index (χ1) is 6.68. The van der Waals surface area contributed by atoms with E-state index in [0.29, 0.717) is 0 Å². The first kappa shape index (κ1) is 9.97. The van der Waals surface area contributed by atoms with Crippen molar-refractivity contribution in [2.75, 3.05) is 5.73 Å². The minimum absolute atomic E-state index is 0.761. The van der Waals surface area contributed by atoms with Crippen LogP contribution in [0.1, 0.15) is 10.6 Å². The zero-order chi connectivity index (χ0) is 10.1. The van der Waals surface area contributed by atoms with Crippen molar-refractivity contribution in [2.45, 2.75) is 13.5 Å². The summed E-state index contributed by atoms with van der Waals surface area (Å²) in [6.45, 7) is 2.75. The van der Waals surface area contributed by atoms with Crippen LogP contribution in [-0.4, -0.2) is 9.78 Å². The highest BCUT2D eigenvalue weighted by Crippen LogP contribution is 2.20. The van der Waals surface area contributed by atoms with Gasteiger partial charge in [-0.1, -0.05) is 6.07 Å². The second kappa shape index (κ2) is 3.90. The number of nitrogens with two attached hydrogens (primary N) is 1. The minimum Gasteiger partial charge on any atom is -0.383 e. The molecule has 5 heteroatoms. The Balaban J connectivity index is 2.30. The van der Waals surface area contributed by atoms with Crippen molar-refractivity contribution >= 4 is 39.7 Å². The van der Waals surface area contributed by atoms with Crippen molar-refractivity contribution in [1.29, 1.82) is 0 Å². The third-order valence-electron chi connectivity index (χ3n) is 1.98. The number of halogens is 1. The van der Waals surface area contributed by atoms with Crippen LogP contribution in [0.15, 0.2) is 17.5 Å². The van der Waals surface area contributed by atoms with Gasteiger partial charge in [0, 0.05) is 4.88 Å². The Morgan fingerprint density at radius 1 is 1.64 bits per heavy atom. The second-order valence-corrected chi connectivity index (χ2v) is 5.13. The number of hydrogen-bond donors (Lipinski definition) is 1. The molecule has 0 saturated heterocycles. The molecule has 0 aliphatic carbocycles. The fourth-order valence-electron chi connectivity index (χ4n) is 1.25. The largest absolute Gasteiger partial charge is 0.383 e. The molecule has 14 heavy (non-hydrogen) atoms. The monoisotopic (exact) mass is 319 g/mol. The molecule has 0 amide bonds. The Kier molecular flexibility index (Phi) is 2.78. The Morgan fingerprint density at radius 3 is 2.93 bits per heavy atom. The summed E-state index contributed by atoms with van der Waals surface area (Å²) < 4.78 is 2.90. The molecule has 2 aromatic heterocycles. The molecule has 3 nitrogen and oxygen atoms in total. The van der Waals surface area contributed by atoms with E-state index in [2.05, 4.69) is 39.1 Å². The second-order valence-electron chi connectivity index (χ2n) is 3.02. The molecule has 0 fully saturated rings. The van der Waals surface area contributed by atoms with Gasteiger partial charge in [0.15, 0.2) is 0 Å². The molecule has 2 heterocycles. The lowest BCUT2D eigenvalue weighted by Crippen LogP contribution is -2.05. The van der Waals surface area contributed by atoms with E-state index >= 15 is 0 Å². The smallest absolute Gasteiger partial charge is 0.135 e. The summed E-state index contributed by atoms with van der Waals surface area (Å²) in [5.41, 5.74) is 6.92. The highest BCUT2D eigenvalue weighted by atomic mass is 127. The predicted octanol–water partition coefficient (Wildman–Crippen LogP) is 2.49. The maximum atomic E-state index is 5.92. The zero-order valence-electron chi connectivity index (χ0n) is 7.70. The number of hydrogen-bond acceptors (Lipinski definition) is 3.